The Morgan fingerprint density at radius 1 is 1.03 bits per heavy atom. The van der Waals surface area contributed by atoms with Gasteiger partial charge in [-0.1, -0.05) is 49.6 Å². The van der Waals surface area contributed by atoms with E-state index < -0.39 is 6.04 Å². The third kappa shape index (κ3) is 6.07. The van der Waals surface area contributed by atoms with Gasteiger partial charge in [-0.3, -0.25) is 14.5 Å². The van der Waals surface area contributed by atoms with Crippen molar-refractivity contribution in [3.8, 4) is 11.5 Å². The van der Waals surface area contributed by atoms with E-state index in [0.29, 0.717) is 13.1 Å². The van der Waals surface area contributed by atoms with E-state index in [0.717, 1.165) is 36.4 Å². The van der Waals surface area contributed by atoms with Crippen molar-refractivity contribution in [2.75, 3.05) is 13.1 Å². The molecule has 2 aromatic rings. The van der Waals surface area contributed by atoms with Crippen LogP contribution in [0.15, 0.2) is 54.6 Å². The standard InChI is InChI=1S/C25H31N3O3/c29-24(27-20-9-3-1-4-10-20)17-23-25(30)26-14-15-28(23)18-19-8-7-13-22(16-19)31-21-11-5-2-6-12-21/h2,5-8,11-13,16,20,23H,1,3-4,9-10,14-15,17-18H2,(H,26,30)(H,27,29)/t23-/m1/s1. The van der Waals surface area contributed by atoms with Crippen molar-refractivity contribution in [2.24, 2.45) is 0 Å². The van der Waals surface area contributed by atoms with E-state index >= 15 is 0 Å². The minimum absolute atomic E-state index is 0.0277. The maximum Gasteiger partial charge on any atom is 0.237 e. The molecule has 1 aliphatic heterocycles. The Bertz CT molecular complexity index is 881. The number of carbonyl (C=O) groups excluding carboxylic acids is 2. The molecule has 6 heteroatoms. The largest absolute Gasteiger partial charge is 0.457 e. The second kappa shape index (κ2) is 10.4. The van der Waals surface area contributed by atoms with Gasteiger partial charge in [0.05, 0.1) is 12.5 Å². The SMILES string of the molecule is O=C(C[C@@H]1C(=O)NCCN1Cc1cccc(Oc2ccccc2)c1)NC1CCCCC1. The molecule has 0 unspecified atom stereocenters. The minimum Gasteiger partial charge on any atom is -0.457 e. The quantitative estimate of drug-likeness (QED) is 0.716. The average Bonchev–Trinajstić information content (AvgIpc) is 2.78. The molecule has 2 N–H and O–H groups in total. The van der Waals surface area contributed by atoms with E-state index in [9.17, 15) is 9.59 Å². The molecule has 31 heavy (non-hydrogen) atoms. The molecule has 1 atom stereocenters. The number of carbonyl (C=O) groups is 2. The van der Waals surface area contributed by atoms with Crippen LogP contribution < -0.4 is 15.4 Å². The van der Waals surface area contributed by atoms with E-state index in [1.54, 1.807) is 0 Å². The van der Waals surface area contributed by atoms with Gasteiger partial charge in [0.15, 0.2) is 0 Å². The number of rotatable bonds is 7. The molecular weight excluding hydrogens is 390 g/mol. The molecule has 4 rings (SSSR count). The van der Waals surface area contributed by atoms with E-state index in [1.165, 1.54) is 19.3 Å². The third-order valence-corrected chi connectivity index (χ3v) is 6.05. The molecule has 2 aliphatic rings. The van der Waals surface area contributed by atoms with Crippen molar-refractivity contribution in [1.82, 2.24) is 15.5 Å². The molecule has 0 bridgehead atoms. The van der Waals surface area contributed by atoms with Crippen LogP contribution in [-0.2, 0) is 16.1 Å². The fraction of sp³-hybridized carbons (Fsp3) is 0.440. The maximum atomic E-state index is 12.6. The summed E-state index contributed by atoms with van der Waals surface area (Å²) < 4.78 is 5.94. The summed E-state index contributed by atoms with van der Waals surface area (Å²) in [7, 11) is 0. The highest BCUT2D eigenvalue weighted by Crippen LogP contribution is 2.24. The number of amides is 2. The Morgan fingerprint density at radius 2 is 1.81 bits per heavy atom. The lowest BCUT2D eigenvalue weighted by Crippen LogP contribution is -2.56. The van der Waals surface area contributed by atoms with Crippen LogP contribution >= 0.6 is 0 Å². The number of ether oxygens (including phenoxy) is 1. The van der Waals surface area contributed by atoms with E-state index in [-0.39, 0.29) is 24.3 Å². The molecule has 0 aromatic heterocycles. The molecule has 2 amide bonds. The first-order valence-corrected chi connectivity index (χ1v) is 11.3. The summed E-state index contributed by atoms with van der Waals surface area (Å²) in [5, 5.41) is 6.06. The summed E-state index contributed by atoms with van der Waals surface area (Å²) in [4.78, 5) is 27.3. The van der Waals surface area contributed by atoms with Gasteiger partial charge in [-0.25, -0.2) is 0 Å². The van der Waals surface area contributed by atoms with Crippen LogP contribution in [0.3, 0.4) is 0 Å². The lowest BCUT2D eigenvalue weighted by molar-refractivity contribution is -0.134. The van der Waals surface area contributed by atoms with Crippen LogP contribution in [0.4, 0.5) is 0 Å². The van der Waals surface area contributed by atoms with Crippen molar-refractivity contribution in [3.63, 3.8) is 0 Å². The number of hydrogen-bond donors (Lipinski definition) is 2. The number of benzene rings is 2. The molecule has 0 radical (unpaired) electrons. The van der Waals surface area contributed by atoms with Crippen LogP contribution in [0.2, 0.25) is 0 Å². The Labute approximate surface area is 184 Å². The Morgan fingerprint density at radius 3 is 2.61 bits per heavy atom. The first-order chi connectivity index (χ1) is 15.2. The Hall–Kier alpha value is -2.86. The molecule has 1 heterocycles. The first kappa shape index (κ1) is 21.4. The monoisotopic (exact) mass is 421 g/mol. The second-order valence-corrected chi connectivity index (χ2v) is 8.45. The fourth-order valence-corrected chi connectivity index (χ4v) is 4.45. The zero-order chi connectivity index (χ0) is 21.5. The Balaban J connectivity index is 1.39. The zero-order valence-corrected chi connectivity index (χ0v) is 17.9. The summed E-state index contributed by atoms with van der Waals surface area (Å²) in [6, 6.07) is 17.4. The zero-order valence-electron chi connectivity index (χ0n) is 17.9. The number of hydrogen-bond acceptors (Lipinski definition) is 4. The van der Waals surface area contributed by atoms with Crippen LogP contribution in [0.5, 0.6) is 11.5 Å². The fourth-order valence-electron chi connectivity index (χ4n) is 4.45. The summed E-state index contributed by atoms with van der Waals surface area (Å²) in [5.41, 5.74) is 1.06. The molecule has 2 fully saturated rings. The first-order valence-electron chi connectivity index (χ1n) is 11.3. The maximum absolute atomic E-state index is 12.6. The summed E-state index contributed by atoms with van der Waals surface area (Å²) in [6.45, 7) is 1.91. The van der Waals surface area contributed by atoms with Gasteiger partial charge in [-0.2, -0.15) is 0 Å². The number of piperazine rings is 1. The van der Waals surface area contributed by atoms with E-state index in [1.807, 2.05) is 54.6 Å². The van der Waals surface area contributed by atoms with Crippen molar-refractivity contribution in [1.29, 1.82) is 0 Å². The molecule has 2 aromatic carbocycles. The van der Waals surface area contributed by atoms with Crippen molar-refractivity contribution in [3.05, 3.63) is 60.2 Å². The molecule has 1 saturated heterocycles. The van der Waals surface area contributed by atoms with Gasteiger partial charge in [0.2, 0.25) is 11.8 Å². The molecule has 1 saturated carbocycles. The molecule has 0 spiro atoms. The Kier molecular flexibility index (Phi) is 7.20. The van der Waals surface area contributed by atoms with Gasteiger partial charge in [0.25, 0.3) is 0 Å². The highest BCUT2D eigenvalue weighted by Gasteiger charge is 2.32. The molecule has 6 nitrogen and oxygen atoms in total. The lowest BCUT2D eigenvalue weighted by Gasteiger charge is -2.35. The third-order valence-electron chi connectivity index (χ3n) is 6.05. The molecule has 164 valence electrons. The number of para-hydroxylation sites is 1. The predicted molar refractivity (Wildman–Crippen MR) is 120 cm³/mol. The normalized spacial score (nSPS) is 20.1. The highest BCUT2D eigenvalue weighted by atomic mass is 16.5. The summed E-state index contributed by atoms with van der Waals surface area (Å²) in [6.07, 6.45) is 5.87. The number of nitrogens with zero attached hydrogens (tertiary/aromatic N) is 1. The van der Waals surface area contributed by atoms with Gasteiger partial charge in [-0.05, 0) is 42.7 Å². The topological polar surface area (TPSA) is 70.7 Å². The highest BCUT2D eigenvalue weighted by molar-refractivity contribution is 5.88. The smallest absolute Gasteiger partial charge is 0.237 e. The average molecular weight is 422 g/mol. The van der Waals surface area contributed by atoms with Gasteiger partial charge < -0.3 is 15.4 Å². The van der Waals surface area contributed by atoms with Crippen molar-refractivity contribution in [2.45, 2.75) is 57.2 Å². The summed E-state index contributed by atoms with van der Waals surface area (Å²) >= 11 is 0. The van der Waals surface area contributed by atoms with Crippen LogP contribution in [0, 0.1) is 0 Å². The van der Waals surface area contributed by atoms with Gasteiger partial charge in [0, 0.05) is 25.7 Å². The van der Waals surface area contributed by atoms with Crippen LogP contribution in [0.1, 0.15) is 44.1 Å². The molecule has 1 aliphatic carbocycles. The van der Waals surface area contributed by atoms with Crippen LogP contribution in [-0.4, -0.2) is 41.9 Å². The number of nitrogens with one attached hydrogen (secondary N) is 2. The minimum atomic E-state index is -0.448. The van der Waals surface area contributed by atoms with Gasteiger partial charge in [0.1, 0.15) is 11.5 Å². The summed E-state index contributed by atoms with van der Waals surface area (Å²) in [5.74, 6) is 1.45. The lowest BCUT2D eigenvalue weighted by atomic mass is 9.95. The predicted octanol–water partition coefficient (Wildman–Crippen LogP) is 3.62. The van der Waals surface area contributed by atoms with Gasteiger partial charge in [-0.15, -0.1) is 0 Å². The van der Waals surface area contributed by atoms with Crippen LogP contribution in [0.25, 0.3) is 0 Å². The van der Waals surface area contributed by atoms with Crippen molar-refractivity contribution >= 4 is 11.8 Å². The van der Waals surface area contributed by atoms with E-state index in [2.05, 4.69) is 15.5 Å². The van der Waals surface area contributed by atoms with Crippen molar-refractivity contribution < 1.29 is 14.3 Å². The van der Waals surface area contributed by atoms with E-state index in [4.69, 9.17) is 4.74 Å². The molecular formula is C25H31N3O3. The van der Waals surface area contributed by atoms with Gasteiger partial charge >= 0.3 is 0 Å². The second-order valence-electron chi connectivity index (χ2n) is 8.45.